The summed E-state index contributed by atoms with van der Waals surface area (Å²) in [4.78, 5) is 0. The van der Waals surface area contributed by atoms with Gasteiger partial charge >= 0.3 is 0 Å². The van der Waals surface area contributed by atoms with E-state index in [1.807, 2.05) is 12.1 Å². The minimum atomic E-state index is 0.0198. The molecule has 0 radical (unpaired) electrons. The third-order valence-corrected chi connectivity index (χ3v) is 3.05. The van der Waals surface area contributed by atoms with E-state index in [1.54, 1.807) is 6.07 Å². The quantitative estimate of drug-likeness (QED) is 0.619. The van der Waals surface area contributed by atoms with Crippen LogP contribution in [0, 0.1) is 5.41 Å². The van der Waals surface area contributed by atoms with Crippen LogP contribution >= 0.6 is 23.2 Å². The molecule has 3 N–H and O–H groups in total. The van der Waals surface area contributed by atoms with Crippen LogP contribution in [0.2, 0.25) is 10.0 Å². The molecule has 0 heterocycles. The van der Waals surface area contributed by atoms with E-state index in [0.717, 1.165) is 5.56 Å². The Hall–Kier alpha value is -0.280. The zero-order valence-corrected chi connectivity index (χ0v) is 10.7. The minimum Gasteiger partial charge on any atom is -0.271 e. The second-order valence-electron chi connectivity index (χ2n) is 4.64. The molecular formula is C11H16Cl2N2. The Morgan fingerprint density at radius 1 is 1.20 bits per heavy atom. The molecule has 84 valence electrons. The third-order valence-electron chi connectivity index (χ3n) is 2.31. The molecule has 15 heavy (non-hydrogen) atoms. The first-order valence-electron chi connectivity index (χ1n) is 4.77. The summed E-state index contributed by atoms with van der Waals surface area (Å²) in [5, 5.41) is 1.11. The van der Waals surface area contributed by atoms with Gasteiger partial charge < -0.3 is 0 Å². The van der Waals surface area contributed by atoms with Crippen LogP contribution in [-0.2, 0) is 0 Å². The first-order chi connectivity index (χ1) is 6.86. The lowest BCUT2D eigenvalue weighted by molar-refractivity contribution is 0.275. The predicted molar refractivity (Wildman–Crippen MR) is 66.0 cm³/mol. The number of benzene rings is 1. The van der Waals surface area contributed by atoms with Crippen molar-refractivity contribution < 1.29 is 0 Å². The maximum atomic E-state index is 5.96. The van der Waals surface area contributed by atoms with Crippen LogP contribution in [0.15, 0.2) is 18.2 Å². The number of hydrogen-bond donors (Lipinski definition) is 2. The Balaban J connectivity index is 3.08. The van der Waals surface area contributed by atoms with E-state index in [-0.39, 0.29) is 11.5 Å². The van der Waals surface area contributed by atoms with Crippen LogP contribution < -0.4 is 11.3 Å². The molecular weight excluding hydrogens is 231 g/mol. The Bertz CT molecular complexity index is 345. The van der Waals surface area contributed by atoms with Gasteiger partial charge in [0.25, 0.3) is 0 Å². The summed E-state index contributed by atoms with van der Waals surface area (Å²) in [6.07, 6.45) is 0. The van der Waals surface area contributed by atoms with Crippen molar-refractivity contribution in [3.05, 3.63) is 33.8 Å². The van der Waals surface area contributed by atoms with Gasteiger partial charge in [0.05, 0.1) is 16.1 Å². The van der Waals surface area contributed by atoms with E-state index in [0.29, 0.717) is 10.0 Å². The number of nitrogens with two attached hydrogens (primary N) is 1. The fraction of sp³-hybridized carbons (Fsp3) is 0.455. The predicted octanol–water partition coefficient (Wildman–Crippen LogP) is 3.54. The van der Waals surface area contributed by atoms with E-state index < -0.39 is 0 Å². The molecule has 0 bridgehead atoms. The molecule has 0 aliphatic heterocycles. The summed E-state index contributed by atoms with van der Waals surface area (Å²) in [6, 6.07) is 5.62. The second-order valence-corrected chi connectivity index (χ2v) is 5.45. The van der Waals surface area contributed by atoms with Gasteiger partial charge in [-0.1, -0.05) is 50.0 Å². The highest BCUT2D eigenvalue weighted by Crippen LogP contribution is 2.34. The number of hydrazine groups is 1. The van der Waals surface area contributed by atoms with Crippen molar-refractivity contribution in [2.24, 2.45) is 11.3 Å². The van der Waals surface area contributed by atoms with Crippen LogP contribution in [0.4, 0.5) is 0 Å². The average Bonchev–Trinajstić information content (AvgIpc) is 2.10. The molecule has 4 heteroatoms. The summed E-state index contributed by atoms with van der Waals surface area (Å²) in [7, 11) is 0. The Kier molecular flexibility index (Phi) is 4.01. The molecule has 1 rings (SSSR count). The molecule has 0 amide bonds. The number of hydrogen-bond acceptors (Lipinski definition) is 2. The van der Waals surface area contributed by atoms with Crippen molar-refractivity contribution in [1.29, 1.82) is 0 Å². The van der Waals surface area contributed by atoms with Crippen molar-refractivity contribution in [2.45, 2.75) is 26.8 Å². The van der Waals surface area contributed by atoms with Crippen molar-refractivity contribution >= 4 is 23.2 Å². The Morgan fingerprint density at radius 3 is 2.20 bits per heavy atom. The fourth-order valence-electron chi connectivity index (χ4n) is 1.54. The van der Waals surface area contributed by atoms with Gasteiger partial charge in [-0.15, -0.1) is 0 Å². The lowest BCUT2D eigenvalue weighted by Gasteiger charge is -2.30. The van der Waals surface area contributed by atoms with Crippen molar-refractivity contribution in [2.75, 3.05) is 0 Å². The first kappa shape index (κ1) is 12.8. The van der Waals surface area contributed by atoms with E-state index in [9.17, 15) is 0 Å². The van der Waals surface area contributed by atoms with Crippen molar-refractivity contribution in [3.8, 4) is 0 Å². The largest absolute Gasteiger partial charge is 0.271 e. The minimum absolute atomic E-state index is 0.0198. The number of halogens is 2. The smallest absolute Gasteiger partial charge is 0.0595 e. The van der Waals surface area contributed by atoms with Crippen molar-refractivity contribution in [3.63, 3.8) is 0 Å². The zero-order valence-electron chi connectivity index (χ0n) is 9.14. The SMILES string of the molecule is CC(C)(C)C(NN)c1ccc(Cl)c(Cl)c1. The van der Waals surface area contributed by atoms with Crippen molar-refractivity contribution in [1.82, 2.24) is 5.43 Å². The first-order valence-corrected chi connectivity index (χ1v) is 5.53. The van der Waals surface area contributed by atoms with E-state index in [4.69, 9.17) is 29.0 Å². The highest BCUT2D eigenvalue weighted by Gasteiger charge is 2.25. The van der Waals surface area contributed by atoms with Gasteiger partial charge in [-0.05, 0) is 23.1 Å². The average molecular weight is 247 g/mol. The summed E-state index contributed by atoms with van der Waals surface area (Å²) in [5.74, 6) is 5.55. The molecule has 0 saturated heterocycles. The van der Waals surface area contributed by atoms with Gasteiger partial charge in [0.2, 0.25) is 0 Å². The topological polar surface area (TPSA) is 38.0 Å². The second kappa shape index (κ2) is 4.71. The van der Waals surface area contributed by atoms with Gasteiger partial charge in [0.1, 0.15) is 0 Å². The maximum absolute atomic E-state index is 5.96. The normalized spacial score (nSPS) is 14.0. The highest BCUT2D eigenvalue weighted by molar-refractivity contribution is 6.42. The third kappa shape index (κ3) is 3.08. The maximum Gasteiger partial charge on any atom is 0.0595 e. The number of nitrogens with one attached hydrogen (secondary N) is 1. The van der Waals surface area contributed by atoms with Gasteiger partial charge in [-0.25, -0.2) is 0 Å². The summed E-state index contributed by atoms with van der Waals surface area (Å²) in [5.41, 5.74) is 3.86. The molecule has 0 spiro atoms. The van der Waals surface area contributed by atoms with E-state index >= 15 is 0 Å². The van der Waals surface area contributed by atoms with E-state index in [2.05, 4.69) is 26.2 Å². The van der Waals surface area contributed by atoms with Crippen LogP contribution in [0.1, 0.15) is 32.4 Å². The van der Waals surface area contributed by atoms with Gasteiger partial charge in [0.15, 0.2) is 0 Å². The van der Waals surface area contributed by atoms with Gasteiger partial charge in [-0.2, -0.15) is 0 Å². The fourth-order valence-corrected chi connectivity index (χ4v) is 1.84. The molecule has 2 nitrogen and oxygen atoms in total. The standard InChI is InChI=1S/C11H16Cl2N2/c1-11(2,3)10(15-14)7-4-5-8(12)9(13)6-7/h4-6,10,15H,14H2,1-3H3. The summed E-state index contributed by atoms with van der Waals surface area (Å²) >= 11 is 11.8. The Morgan fingerprint density at radius 2 is 1.80 bits per heavy atom. The molecule has 1 unspecified atom stereocenters. The van der Waals surface area contributed by atoms with Gasteiger partial charge in [0, 0.05) is 0 Å². The van der Waals surface area contributed by atoms with Gasteiger partial charge in [-0.3, -0.25) is 11.3 Å². The molecule has 1 atom stereocenters. The summed E-state index contributed by atoms with van der Waals surface area (Å²) in [6.45, 7) is 6.33. The molecule has 1 aromatic carbocycles. The number of rotatable bonds is 2. The highest BCUT2D eigenvalue weighted by atomic mass is 35.5. The Labute approximate surface area is 101 Å². The van der Waals surface area contributed by atoms with E-state index in [1.165, 1.54) is 0 Å². The molecule has 1 aromatic rings. The zero-order chi connectivity index (χ0) is 11.6. The monoisotopic (exact) mass is 246 g/mol. The molecule has 0 saturated carbocycles. The lowest BCUT2D eigenvalue weighted by atomic mass is 9.83. The van der Waals surface area contributed by atoms with Crippen LogP contribution in [0.5, 0.6) is 0 Å². The molecule has 0 aliphatic rings. The lowest BCUT2D eigenvalue weighted by Crippen LogP contribution is -2.36. The summed E-state index contributed by atoms with van der Waals surface area (Å²) < 4.78 is 0. The molecule has 0 aliphatic carbocycles. The van der Waals surface area contributed by atoms with Crippen LogP contribution in [0.3, 0.4) is 0 Å². The van der Waals surface area contributed by atoms with Crippen LogP contribution in [-0.4, -0.2) is 0 Å². The molecule has 0 aromatic heterocycles. The van der Waals surface area contributed by atoms with Crippen LogP contribution in [0.25, 0.3) is 0 Å². The molecule has 0 fully saturated rings.